The van der Waals surface area contributed by atoms with Crippen LogP contribution in [0.4, 0.5) is 20.5 Å². The lowest BCUT2D eigenvalue weighted by molar-refractivity contribution is -0.122. The molecule has 2 atom stereocenters. The second-order valence-corrected chi connectivity index (χ2v) is 12.1. The highest BCUT2D eigenvalue weighted by atomic mass is 19.1. The first-order valence-electron chi connectivity index (χ1n) is 16.2. The van der Waals surface area contributed by atoms with Gasteiger partial charge in [-0.25, -0.2) is 28.7 Å². The van der Waals surface area contributed by atoms with Crippen molar-refractivity contribution in [1.82, 2.24) is 29.7 Å². The molecule has 3 aromatic carbocycles. The van der Waals surface area contributed by atoms with Crippen LogP contribution in [0.5, 0.6) is 5.75 Å². The molecule has 5 heterocycles. The van der Waals surface area contributed by atoms with Gasteiger partial charge >= 0.3 is 0 Å². The fraction of sp³-hybridized carbons (Fsp3) is 0.216. The van der Waals surface area contributed by atoms with Crippen molar-refractivity contribution in [3.63, 3.8) is 0 Å². The predicted octanol–water partition coefficient (Wildman–Crippen LogP) is 5.34. The van der Waals surface area contributed by atoms with E-state index in [1.165, 1.54) is 17.7 Å². The molecule has 6 aromatic rings. The van der Waals surface area contributed by atoms with E-state index >= 15 is 0 Å². The van der Waals surface area contributed by atoms with E-state index in [2.05, 4.69) is 48.4 Å². The van der Waals surface area contributed by atoms with Crippen LogP contribution in [0.1, 0.15) is 12.0 Å². The molecule has 4 bridgehead atoms. The smallest absolute Gasteiger partial charge is 0.242 e. The molecule has 10 nitrogen and oxygen atoms in total. The van der Waals surface area contributed by atoms with Gasteiger partial charge in [0.25, 0.3) is 0 Å². The summed E-state index contributed by atoms with van der Waals surface area (Å²) >= 11 is 0. The summed E-state index contributed by atoms with van der Waals surface area (Å²) in [5.41, 5.74) is 4.08. The number of anilines is 2. The molecule has 0 saturated carbocycles. The van der Waals surface area contributed by atoms with Gasteiger partial charge in [-0.2, -0.15) is 0 Å². The SMILES string of the molecule is O=C1NCCN(c2ncccn2)CCc2ccccc2-c2cccc(c2)OC2CC1N(c1nccn3c(-c4ccc(F)cc4F)ncc13)C2. The van der Waals surface area contributed by atoms with Gasteiger partial charge in [0.05, 0.1) is 18.3 Å². The van der Waals surface area contributed by atoms with E-state index in [1.807, 2.05) is 35.2 Å². The summed E-state index contributed by atoms with van der Waals surface area (Å²) in [7, 11) is 0. The number of hydrogen-bond acceptors (Lipinski definition) is 8. The van der Waals surface area contributed by atoms with E-state index in [0.29, 0.717) is 61.5 Å². The number of aromatic nitrogens is 5. The number of carbonyl (C=O) groups excluding carboxylic acids is 1. The summed E-state index contributed by atoms with van der Waals surface area (Å²) in [6, 6.07) is 20.9. The Bertz CT molecular complexity index is 2140. The lowest BCUT2D eigenvalue weighted by atomic mass is 9.97. The molecule has 1 N–H and O–H groups in total. The average Bonchev–Trinajstić information content (AvgIpc) is 3.75. The number of carbonyl (C=O) groups is 1. The van der Waals surface area contributed by atoms with Crippen LogP contribution in [0.3, 0.4) is 0 Å². The van der Waals surface area contributed by atoms with E-state index in [-0.39, 0.29) is 17.6 Å². The summed E-state index contributed by atoms with van der Waals surface area (Å²) in [4.78, 5) is 36.1. The van der Waals surface area contributed by atoms with Crippen LogP contribution in [-0.4, -0.2) is 68.6 Å². The second-order valence-electron chi connectivity index (χ2n) is 12.1. The Morgan fingerprint density at radius 2 is 1.73 bits per heavy atom. The van der Waals surface area contributed by atoms with Crippen LogP contribution < -0.4 is 19.9 Å². The van der Waals surface area contributed by atoms with Gasteiger partial charge in [-0.05, 0) is 53.4 Å². The molecule has 0 radical (unpaired) electrons. The Hall–Kier alpha value is -5.91. The third kappa shape index (κ3) is 6.01. The van der Waals surface area contributed by atoms with E-state index in [9.17, 15) is 13.6 Å². The molecule has 8 rings (SSSR count). The number of amides is 1. The molecule has 12 heteroatoms. The maximum absolute atomic E-state index is 14.8. The highest BCUT2D eigenvalue weighted by Crippen LogP contribution is 2.34. The van der Waals surface area contributed by atoms with Gasteiger partial charge in [0.2, 0.25) is 11.9 Å². The summed E-state index contributed by atoms with van der Waals surface area (Å²) in [5, 5.41) is 3.14. The molecule has 3 aromatic heterocycles. The van der Waals surface area contributed by atoms with Gasteiger partial charge in [0.15, 0.2) is 5.82 Å². The number of nitrogens with zero attached hydrogens (tertiary/aromatic N) is 7. The van der Waals surface area contributed by atoms with Gasteiger partial charge in [0, 0.05) is 56.9 Å². The molecular weight excluding hydrogens is 626 g/mol. The van der Waals surface area contributed by atoms with Crippen LogP contribution in [0.15, 0.2) is 104 Å². The number of imidazole rings is 1. The maximum atomic E-state index is 14.8. The Morgan fingerprint density at radius 3 is 2.61 bits per heavy atom. The Morgan fingerprint density at radius 1 is 0.857 bits per heavy atom. The predicted molar refractivity (Wildman–Crippen MR) is 181 cm³/mol. The number of benzene rings is 3. The normalized spacial score (nSPS) is 18.2. The second kappa shape index (κ2) is 12.9. The topological polar surface area (TPSA) is 101 Å². The van der Waals surface area contributed by atoms with E-state index in [0.717, 1.165) is 23.6 Å². The van der Waals surface area contributed by atoms with Gasteiger partial charge in [-0.3, -0.25) is 9.20 Å². The molecule has 0 spiro atoms. The van der Waals surface area contributed by atoms with Crippen molar-refractivity contribution in [2.45, 2.75) is 25.0 Å². The molecule has 1 amide bonds. The first-order valence-corrected chi connectivity index (χ1v) is 16.2. The summed E-state index contributed by atoms with van der Waals surface area (Å²) in [6.45, 7) is 1.89. The van der Waals surface area contributed by atoms with E-state index in [4.69, 9.17) is 4.74 Å². The van der Waals surface area contributed by atoms with Gasteiger partial charge < -0.3 is 19.9 Å². The summed E-state index contributed by atoms with van der Waals surface area (Å²) in [5.74, 6) is 0.551. The molecule has 1 saturated heterocycles. The average molecular weight is 659 g/mol. The third-order valence-corrected chi connectivity index (χ3v) is 9.08. The van der Waals surface area contributed by atoms with Crippen molar-refractivity contribution in [3.05, 3.63) is 121 Å². The minimum Gasteiger partial charge on any atom is -0.488 e. The van der Waals surface area contributed by atoms with Crippen LogP contribution in [0.2, 0.25) is 0 Å². The van der Waals surface area contributed by atoms with Crippen molar-refractivity contribution in [3.8, 4) is 28.3 Å². The van der Waals surface area contributed by atoms with Crippen molar-refractivity contribution in [2.24, 2.45) is 0 Å². The third-order valence-electron chi connectivity index (χ3n) is 9.08. The number of halogens is 2. The zero-order valence-corrected chi connectivity index (χ0v) is 26.4. The quantitative estimate of drug-likeness (QED) is 0.272. The molecule has 2 aliphatic rings. The summed E-state index contributed by atoms with van der Waals surface area (Å²) < 4.78 is 36.8. The Labute approximate surface area is 281 Å². The zero-order chi connectivity index (χ0) is 33.3. The van der Waals surface area contributed by atoms with Crippen LogP contribution in [0, 0.1) is 11.6 Å². The Kier molecular flexibility index (Phi) is 8.04. The van der Waals surface area contributed by atoms with Crippen LogP contribution in [-0.2, 0) is 11.2 Å². The number of rotatable bonds is 3. The van der Waals surface area contributed by atoms with Gasteiger partial charge in [-0.1, -0.05) is 36.4 Å². The fourth-order valence-corrected chi connectivity index (χ4v) is 6.77. The molecule has 246 valence electrons. The number of ether oxygens (including phenoxy) is 1. The minimum atomic E-state index is -0.721. The van der Waals surface area contributed by atoms with Gasteiger partial charge in [-0.15, -0.1) is 0 Å². The van der Waals surface area contributed by atoms with Crippen molar-refractivity contribution in [2.75, 3.05) is 36.0 Å². The van der Waals surface area contributed by atoms with E-state index in [1.54, 1.807) is 41.5 Å². The Balaban J connectivity index is 1.16. The monoisotopic (exact) mass is 658 g/mol. The highest BCUT2D eigenvalue weighted by molar-refractivity contribution is 5.88. The zero-order valence-electron chi connectivity index (χ0n) is 26.4. The summed E-state index contributed by atoms with van der Waals surface area (Å²) in [6.07, 6.45) is 9.12. The standard InChI is InChI=1S/C37H32F2N8O2/c38-26-9-10-30(31(39)20-26)34-44-22-33-35(40-15-18-46(33)34)47-23-28-21-32(47)36(48)41-14-17-45(37-42-12-4-13-43-37)16-11-24-5-1-2-8-29(24)25-6-3-7-27(19-25)49-28/h1-10,12-13,15,18-20,22,28,32H,11,14,16-17,21,23H2,(H,41,48). The van der Waals surface area contributed by atoms with Crippen molar-refractivity contribution in [1.29, 1.82) is 0 Å². The van der Waals surface area contributed by atoms with Crippen molar-refractivity contribution < 1.29 is 18.3 Å². The fourth-order valence-electron chi connectivity index (χ4n) is 6.77. The molecule has 0 aliphatic carbocycles. The lowest BCUT2D eigenvalue weighted by Gasteiger charge is -2.26. The largest absolute Gasteiger partial charge is 0.488 e. The van der Waals surface area contributed by atoms with E-state index < -0.39 is 17.7 Å². The molecule has 2 unspecified atom stereocenters. The lowest BCUT2D eigenvalue weighted by Crippen LogP contribution is -2.46. The molecular formula is C37H32F2N8O2. The number of fused-ring (bicyclic) bond motifs is 7. The first-order chi connectivity index (χ1) is 24.0. The van der Waals surface area contributed by atoms with Crippen LogP contribution in [0.25, 0.3) is 28.0 Å². The maximum Gasteiger partial charge on any atom is 0.242 e. The van der Waals surface area contributed by atoms with Crippen LogP contribution >= 0.6 is 0 Å². The first kappa shape index (κ1) is 30.4. The number of hydrogen-bond donors (Lipinski definition) is 1. The van der Waals surface area contributed by atoms with Crippen molar-refractivity contribution >= 4 is 23.2 Å². The highest BCUT2D eigenvalue weighted by Gasteiger charge is 2.40. The van der Waals surface area contributed by atoms with Gasteiger partial charge in [0.1, 0.15) is 40.9 Å². The minimum absolute atomic E-state index is 0.154. The molecule has 2 aliphatic heterocycles. The number of nitrogens with one attached hydrogen (secondary N) is 1. The molecule has 1 fully saturated rings. The molecule has 49 heavy (non-hydrogen) atoms.